The fourth-order valence-corrected chi connectivity index (χ4v) is 2.39. The Balaban J connectivity index is 1.85. The van der Waals surface area contributed by atoms with Crippen LogP contribution in [0.5, 0.6) is 0 Å². The first-order valence-electron chi connectivity index (χ1n) is 6.96. The summed E-state index contributed by atoms with van der Waals surface area (Å²) in [6.45, 7) is 4.99. The van der Waals surface area contributed by atoms with Crippen molar-refractivity contribution in [3.05, 3.63) is 11.2 Å². The van der Waals surface area contributed by atoms with E-state index in [-0.39, 0.29) is 24.2 Å². The van der Waals surface area contributed by atoms with E-state index in [2.05, 4.69) is 15.3 Å². The highest BCUT2D eigenvalue weighted by atomic mass is 35.5. The normalized spacial score (nSPS) is 16.1. The largest absolute Gasteiger partial charge is 0.447 e. The molecule has 0 atom stereocenters. The maximum absolute atomic E-state index is 11.8. The third kappa shape index (κ3) is 4.63. The molecule has 1 amide bonds. The Hall–Kier alpha value is -1.76. The highest BCUT2D eigenvalue weighted by molar-refractivity contribution is 6.29. The molecule has 8 heteroatoms. The van der Waals surface area contributed by atoms with E-state index < -0.39 is 0 Å². The zero-order valence-corrected chi connectivity index (χ0v) is 12.9. The van der Waals surface area contributed by atoms with Crippen molar-refractivity contribution >= 4 is 29.5 Å². The number of anilines is 2. The van der Waals surface area contributed by atoms with E-state index >= 15 is 0 Å². The average Bonchev–Trinajstić information content (AvgIpc) is 2.37. The topological polar surface area (TPSA) is 93.4 Å². The van der Waals surface area contributed by atoms with Gasteiger partial charge in [0.15, 0.2) is 0 Å². The molecule has 0 aromatic carbocycles. The molecule has 1 aromatic rings. The van der Waals surface area contributed by atoms with Gasteiger partial charge in [0.1, 0.15) is 11.0 Å². The van der Waals surface area contributed by atoms with E-state index in [1.54, 1.807) is 11.0 Å². The molecule has 1 aliphatic heterocycles. The van der Waals surface area contributed by atoms with Crippen LogP contribution < -0.4 is 11.1 Å². The number of nitrogen functional groups attached to an aromatic ring is 1. The van der Waals surface area contributed by atoms with Crippen LogP contribution in [0.15, 0.2) is 6.07 Å². The lowest BCUT2D eigenvalue weighted by atomic mass is 10.1. The first-order valence-corrected chi connectivity index (χ1v) is 7.34. The van der Waals surface area contributed by atoms with Gasteiger partial charge in [0.2, 0.25) is 5.95 Å². The molecule has 7 nitrogen and oxygen atoms in total. The Morgan fingerprint density at radius 3 is 2.71 bits per heavy atom. The third-order valence-corrected chi connectivity index (χ3v) is 3.35. The quantitative estimate of drug-likeness (QED) is 0.830. The molecule has 116 valence electrons. The lowest BCUT2D eigenvalue weighted by Crippen LogP contribution is -2.43. The van der Waals surface area contributed by atoms with Crippen LogP contribution in [0, 0.1) is 0 Å². The van der Waals surface area contributed by atoms with E-state index in [4.69, 9.17) is 22.1 Å². The fraction of sp³-hybridized carbons (Fsp3) is 0.615. The van der Waals surface area contributed by atoms with E-state index in [9.17, 15) is 4.79 Å². The number of hydrogen-bond donors (Lipinski definition) is 2. The number of hydrogen-bond acceptors (Lipinski definition) is 6. The van der Waals surface area contributed by atoms with Gasteiger partial charge in [-0.25, -0.2) is 9.78 Å². The van der Waals surface area contributed by atoms with Gasteiger partial charge >= 0.3 is 6.09 Å². The Kier molecular flexibility index (Phi) is 5.06. The lowest BCUT2D eigenvalue weighted by molar-refractivity contribution is 0.0701. The molecule has 0 saturated carbocycles. The number of piperidine rings is 1. The van der Waals surface area contributed by atoms with Gasteiger partial charge in [0.05, 0.1) is 6.10 Å². The summed E-state index contributed by atoms with van der Waals surface area (Å²) in [7, 11) is 0. The number of aromatic nitrogens is 2. The third-order valence-electron chi connectivity index (χ3n) is 3.15. The Morgan fingerprint density at radius 2 is 2.14 bits per heavy atom. The number of ether oxygens (including phenoxy) is 1. The monoisotopic (exact) mass is 313 g/mol. The second-order valence-corrected chi connectivity index (χ2v) is 5.66. The highest BCUT2D eigenvalue weighted by Crippen LogP contribution is 2.18. The number of halogens is 1. The molecule has 21 heavy (non-hydrogen) atoms. The molecular formula is C13H20ClN5O2. The van der Waals surface area contributed by atoms with Crippen LogP contribution in [-0.2, 0) is 4.74 Å². The summed E-state index contributed by atoms with van der Waals surface area (Å²) in [6, 6.07) is 1.86. The maximum Gasteiger partial charge on any atom is 0.410 e. The molecule has 0 radical (unpaired) electrons. The highest BCUT2D eigenvalue weighted by Gasteiger charge is 2.24. The van der Waals surface area contributed by atoms with Gasteiger partial charge in [-0.15, -0.1) is 0 Å². The summed E-state index contributed by atoms with van der Waals surface area (Å²) < 4.78 is 5.19. The minimum absolute atomic E-state index is 0.0977. The molecule has 0 unspecified atom stereocenters. The van der Waals surface area contributed by atoms with Crippen molar-refractivity contribution < 1.29 is 9.53 Å². The van der Waals surface area contributed by atoms with E-state index in [0.717, 1.165) is 12.8 Å². The van der Waals surface area contributed by atoms with Gasteiger partial charge in [0.25, 0.3) is 0 Å². The van der Waals surface area contributed by atoms with Crippen molar-refractivity contribution in [1.29, 1.82) is 0 Å². The first-order chi connectivity index (χ1) is 9.94. The molecule has 0 bridgehead atoms. The van der Waals surface area contributed by atoms with Crippen LogP contribution in [0.3, 0.4) is 0 Å². The zero-order chi connectivity index (χ0) is 15.4. The molecular weight excluding hydrogens is 294 g/mol. The van der Waals surface area contributed by atoms with Gasteiger partial charge < -0.3 is 20.7 Å². The molecule has 2 rings (SSSR count). The van der Waals surface area contributed by atoms with Crippen molar-refractivity contribution in [2.75, 3.05) is 24.1 Å². The fourth-order valence-electron chi connectivity index (χ4n) is 2.20. The number of likely N-dealkylation sites (tertiary alicyclic amines) is 1. The van der Waals surface area contributed by atoms with Gasteiger partial charge in [-0.05, 0) is 26.7 Å². The van der Waals surface area contributed by atoms with Crippen molar-refractivity contribution in [2.45, 2.75) is 38.8 Å². The van der Waals surface area contributed by atoms with Crippen LogP contribution in [-0.4, -0.2) is 46.2 Å². The van der Waals surface area contributed by atoms with E-state index in [1.165, 1.54) is 0 Å². The average molecular weight is 314 g/mol. The minimum Gasteiger partial charge on any atom is -0.447 e. The maximum atomic E-state index is 11.8. The van der Waals surface area contributed by atoms with Crippen molar-refractivity contribution in [1.82, 2.24) is 14.9 Å². The molecule has 0 spiro atoms. The zero-order valence-electron chi connectivity index (χ0n) is 12.2. The second kappa shape index (κ2) is 6.80. The van der Waals surface area contributed by atoms with Crippen molar-refractivity contribution in [3.63, 3.8) is 0 Å². The van der Waals surface area contributed by atoms with Crippen LogP contribution in [0.1, 0.15) is 26.7 Å². The number of amides is 1. The van der Waals surface area contributed by atoms with Crippen molar-refractivity contribution in [3.8, 4) is 0 Å². The molecule has 2 heterocycles. The number of carbonyl (C=O) groups excluding carboxylic acids is 1. The summed E-state index contributed by atoms with van der Waals surface area (Å²) in [4.78, 5) is 21.4. The van der Waals surface area contributed by atoms with Gasteiger partial charge in [-0.3, -0.25) is 0 Å². The molecule has 1 saturated heterocycles. The van der Waals surface area contributed by atoms with Gasteiger partial charge in [-0.2, -0.15) is 4.98 Å². The Bertz CT molecular complexity index is 483. The lowest BCUT2D eigenvalue weighted by Gasteiger charge is -2.32. The predicted molar refractivity (Wildman–Crippen MR) is 81.3 cm³/mol. The Morgan fingerprint density at radius 1 is 1.48 bits per heavy atom. The summed E-state index contributed by atoms with van der Waals surface area (Å²) in [5.41, 5.74) is 5.56. The van der Waals surface area contributed by atoms with Crippen LogP contribution >= 0.6 is 11.6 Å². The van der Waals surface area contributed by atoms with Crippen LogP contribution in [0.4, 0.5) is 16.6 Å². The van der Waals surface area contributed by atoms with Crippen molar-refractivity contribution in [2.24, 2.45) is 0 Å². The standard InChI is InChI=1S/C13H20ClN5O2/c1-8(2)21-13(20)19-5-3-9(4-6-19)16-11-7-10(14)17-12(15)18-11/h7-9H,3-6H2,1-2H3,(H3,15,16,17,18). The summed E-state index contributed by atoms with van der Waals surface area (Å²) in [5.74, 6) is 0.749. The summed E-state index contributed by atoms with van der Waals surface area (Å²) >= 11 is 5.84. The van der Waals surface area contributed by atoms with E-state index in [0.29, 0.717) is 24.1 Å². The smallest absolute Gasteiger partial charge is 0.410 e. The predicted octanol–water partition coefficient (Wildman–Crippen LogP) is 2.13. The number of rotatable bonds is 3. The first kappa shape index (κ1) is 15.6. The molecule has 3 N–H and O–H groups in total. The SMILES string of the molecule is CC(C)OC(=O)N1CCC(Nc2cc(Cl)nc(N)n2)CC1. The molecule has 1 aliphatic rings. The van der Waals surface area contributed by atoms with Gasteiger partial charge in [-0.1, -0.05) is 11.6 Å². The summed E-state index contributed by atoms with van der Waals surface area (Å²) in [6.07, 6.45) is 1.28. The molecule has 0 aliphatic carbocycles. The van der Waals surface area contributed by atoms with E-state index in [1.807, 2.05) is 13.8 Å². The number of nitrogens with zero attached hydrogens (tertiary/aromatic N) is 3. The van der Waals surface area contributed by atoms with Gasteiger partial charge in [0, 0.05) is 25.2 Å². The second-order valence-electron chi connectivity index (χ2n) is 5.27. The number of nitrogens with one attached hydrogen (secondary N) is 1. The molecule has 1 fully saturated rings. The summed E-state index contributed by atoms with van der Waals surface area (Å²) in [5, 5.41) is 3.58. The Labute approximate surface area is 128 Å². The van der Waals surface area contributed by atoms with Crippen LogP contribution in [0.25, 0.3) is 0 Å². The number of carbonyl (C=O) groups is 1. The number of nitrogens with two attached hydrogens (primary N) is 1. The molecule has 1 aromatic heterocycles. The van der Waals surface area contributed by atoms with Crippen LogP contribution in [0.2, 0.25) is 5.15 Å². The minimum atomic E-state index is -0.252.